The third-order valence-corrected chi connectivity index (χ3v) is 2.39. The highest BCUT2D eigenvalue weighted by molar-refractivity contribution is 5.78. The van der Waals surface area contributed by atoms with Crippen LogP contribution in [-0.4, -0.2) is 9.36 Å². The zero-order chi connectivity index (χ0) is 9.64. The first-order valence-electron chi connectivity index (χ1n) is 4.65. The second-order valence-corrected chi connectivity index (χ2v) is 4.49. The molecule has 0 fully saturated rings. The summed E-state index contributed by atoms with van der Waals surface area (Å²) in [5.74, 6) is 0. The van der Waals surface area contributed by atoms with Gasteiger partial charge in [0, 0.05) is 7.05 Å². The number of aromatic nitrogens is 2. The van der Waals surface area contributed by atoms with Crippen molar-refractivity contribution >= 4 is 11.0 Å². The maximum absolute atomic E-state index is 2.31. The molecule has 2 rings (SSSR count). The minimum atomic E-state index is 0.170. The normalized spacial score (nSPS) is 12.6. The Kier molecular flexibility index (Phi) is 1.56. The highest BCUT2D eigenvalue weighted by Crippen LogP contribution is 2.25. The monoisotopic (exact) mass is 176 g/mol. The topological polar surface area (TPSA) is 9.86 Å². The van der Waals surface area contributed by atoms with Gasteiger partial charge in [0.05, 0.1) is 16.6 Å². The smallest absolute Gasteiger partial charge is 0.0832 e. The van der Waals surface area contributed by atoms with E-state index in [2.05, 4.69) is 61.4 Å². The molecule has 0 bridgehead atoms. The average molecular weight is 176 g/mol. The van der Waals surface area contributed by atoms with E-state index < -0.39 is 0 Å². The third kappa shape index (κ3) is 1.09. The minimum absolute atomic E-state index is 0.170. The van der Waals surface area contributed by atoms with Gasteiger partial charge in [-0.05, 0) is 32.9 Å². The molecule has 13 heavy (non-hydrogen) atoms. The largest absolute Gasteiger partial charge is 0.286 e. The highest BCUT2D eigenvalue weighted by Gasteiger charge is 2.20. The van der Waals surface area contributed by atoms with Gasteiger partial charge < -0.3 is 0 Å². The molecule has 0 saturated carbocycles. The summed E-state index contributed by atoms with van der Waals surface area (Å²) in [4.78, 5) is 0. The van der Waals surface area contributed by atoms with Crippen molar-refractivity contribution in [2.24, 2.45) is 7.05 Å². The van der Waals surface area contributed by atoms with Crippen LogP contribution in [0, 0.1) is 0 Å². The van der Waals surface area contributed by atoms with Crippen molar-refractivity contribution in [2.75, 3.05) is 0 Å². The van der Waals surface area contributed by atoms with Crippen molar-refractivity contribution in [2.45, 2.75) is 26.3 Å². The number of para-hydroxylation sites is 2. The summed E-state index contributed by atoms with van der Waals surface area (Å²) in [5, 5.41) is 0. The van der Waals surface area contributed by atoms with Crippen LogP contribution in [0.15, 0.2) is 24.3 Å². The van der Waals surface area contributed by atoms with Crippen molar-refractivity contribution in [1.29, 1.82) is 0 Å². The van der Waals surface area contributed by atoms with Crippen LogP contribution in [0.4, 0.5) is 0 Å². The number of rotatable bonds is 0. The summed E-state index contributed by atoms with van der Waals surface area (Å²) in [6.07, 6.45) is 0. The lowest BCUT2D eigenvalue weighted by Gasteiger charge is -2.34. The average Bonchev–Trinajstić information content (AvgIpc) is 2.00. The van der Waals surface area contributed by atoms with Crippen LogP contribution in [0.1, 0.15) is 20.8 Å². The van der Waals surface area contributed by atoms with Crippen LogP contribution < -0.4 is 0 Å². The molecular weight excluding hydrogens is 160 g/mol. The van der Waals surface area contributed by atoms with Gasteiger partial charge in [-0.25, -0.2) is 0 Å². The molecule has 2 heteroatoms. The second kappa shape index (κ2) is 2.41. The van der Waals surface area contributed by atoms with Crippen LogP contribution in [0.3, 0.4) is 0 Å². The fraction of sp³-hybridized carbons (Fsp3) is 0.455. The predicted octanol–water partition coefficient (Wildman–Crippen LogP) is 2.73. The lowest BCUT2D eigenvalue weighted by atomic mass is 10.1. The zero-order valence-electron chi connectivity index (χ0n) is 8.70. The van der Waals surface area contributed by atoms with Crippen molar-refractivity contribution in [3.8, 4) is 0 Å². The van der Waals surface area contributed by atoms with Gasteiger partial charge in [0.1, 0.15) is 0 Å². The molecule has 0 amide bonds. The number of aryl methyl sites for hydroxylation is 1. The van der Waals surface area contributed by atoms with Crippen LogP contribution >= 0.6 is 0 Å². The third-order valence-electron chi connectivity index (χ3n) is 2.39. The Bertz CT molecular complexity index is 426. The van der Waals surface area contributed by atoms with Gasteiger partial charge in [-0.3, -0.25) is 9.36 Å². The van der Waals surface area contributed by atoms with Gasteiger partial charge in [-0.2, -0.15) is 0 Å². The number of fused-ring (bicyclic) bond motifs is 1. The molecule has 0 aliphatic rings. The predicted molar refractivity (Wildman–Crippen MR) is 55.9 cm³/mol. The van der Waals surface area contributed by atoms with Crippen LogP contribution in [0.25, 0.3) is 11.0 Å². The summed E-state index contributed by atoms with van der Waals surface area (Å²) in [6.45, 7) is 6.66. The molecule has 2 nitrogen and oxygen atoms in total. The van der Waals surface area contributed by atoms with E-state index in [0.29, 0.717) is 0 Å². The Labute approximate surface area is 78.7 Å². The lowest BCUT2D eigenvalue weighted by Crippen LogP contribution is -2.33. The van der Waals surface area contributed by atoms with E-state index in [4.69, 9.17) is 0 Å². The van der Waals surface area contributed by atoms with Crippen molar-refractivity contribution in [1.82, 2.24) is 9.36 Å². The van der Waals surface area contributed by atoms with Gasteiger partial charge in [-0.15, -0.1) is 0 Å². The first-order valence-corrected chi connectivity index (χ1v) is 4.65. The van der Waals surface area contributed by atoms with Gasteiger partial charge >= 0.3 is 0 Å². The molecule has 0 spiro atoms. The highest BCUT2D eigenvalue weighted by atomic mass is 15.4. The van der Waals surface area contributed by atoms with Crippen molar-refractivity contribution in [3.05, 3.63) is 24.3 Å². The van der Waals surface area contributed by atoms with E-state index in [9.17, 15) is 0 Å². The van der Waals surface area contributed by atoms with E-state index in [1.54, 1.807) is 0 Å². The molecule has 1 aromatic carbocycles. The Hall–Kier alpha value is -1.18. The summed E-state index contributed by atoms with van der Waals surface area (Å²) in [7, 11) is 2.10. The molecule has 0 atom stereocenters. The summed E-state index contributed by atoms with van der Waals surface area (Å²) in [5.41, 5.74) is 2.82. The molecule has 0 radical (unpaired) electrons. The Morgan fingerprint density at radius 3 is 2.08 bits per heavy atom. The molecule has 0 aliphatic heterocycles. The molecule has 0 saturated heterocycles. The first-order chi connectivity index (χ1) is 6.02. The van der Waals surface area contributed by atoms with Crippen molar-refractivity contribution in [3.63, 3.8) is 0 Å². The van der Waals surface area contributed by atoms with Gasteiger partial charge in [0.15, 0.2) is 0 Å². The summed E-state index contributed by atoms with van der Waals surface area (Å²) < 4.78 is 4.51. The minimum Gasteiger partial charge on any atom is -0.286 e. The number of hydrogen-bond donors (Lipinski definition) is 0. The molecule has 2 aromatic rings. The van der Waals surface area contributed by atoms with E-state index >= 15 is 0 Å². The fourth-order valence-corrected chi connectivity index (χ4v) is 1.95. The Balaban J connectivity index is 2.67. The zero-order valence-corrected chi connectivity index (χ0v) is 8.70. The van der Waals surface area contributed by atoms with Gasteiger partial charge in [-0.1, -0.05) is 12.1 Å². The van der Waals surface area contributed by atoms with Crippen LogP contribution in [0.5, 0.6) is 0 Å². The van der Waals surface area contributed by atoms with E-state index in [-0.39, 0.29) is 5.54 Å². The van der Waals surface area contributed by atoms with Crippen molar-refractivity contribution < 1.29 is 0 Å². The maximum atomic E-state index is 2.31. The summed E-state index contributed by atoms with van der Waals surface area (Å²) in [6, 6.07) is 8.48. The molecule has 0 N–H and O–H groups in total. The molecule has 0 unspecified atom stereocenters. The number of nitrogens with zero attached hydrogens (tertiary/aromatic N) is 2. The van der Waals surface area contributed by atoms with Crippen LogP contribution in [0.2, 0.25) is 0 Å². The molecule has 1 aromatic heterocycles. The van der Waals surface area contributed by atoms with E-state index in [1.807, 2.05) is 0 Å². The summed E-state index contributed by atoms with van der Waals surface area (Å²) >= 11 is 0. The quantitative estimate of drug-likeness (QED) is 0.584. The Morgan fingerprint density at radius 2 is 1.54 bits per heavy atom. The molecule has 70 valence electrons. The molecular formula is C11H16N2. The molecule has 1 heterocycles. The molecule has 0 aliphatic carbocycles. The number of benzene rings is 1. The van der Waals surface area contributed by atoms with Gasteiger partial charge in [0.2, 0.25) is 0 Å². The first kappa shape index (κ1) is 8.42. The fourth-order valence-electron chi connectivity index (χ4n) is 1.95. The Morgan fingerprint density at radius 1 is 1.00 bits per heavy atom. The van der Waals surface area contributed by atoms with Gasteiger partial charge in [0.25, 0.3) is 0 Å². The SMILES string of the molecule is Cn1c2ccccc2n1C(C)(C)C. The number of hydrogen-bond acceptors (Lipinski definition) is 0. The van der Waals surface area contributed by atoms with Crippen LogP contribution in [-0.2, 0) is 12.6 Å². The van der Waals surface area contributed by atoms with E-state index in [0.717, 1.165) is 0 Å². The maximum Gasteiger partial charge on any atom is 0.0832 e. The lowest BCUT2D eigenvalue weighted by molar-refractivity contribution is 0.311. The standard InChI is InChI=1S/C11H16N2/c1-11(2,3)13-10-8-6-5-7-9(10)12(13)4/h5-8H,1-4H3. The second-order valence-electron chi connectivity index (χ2n) is 4.49. The van der Waals surface area contributed by atoms with E-state index in [1.165, 1.54) is 11.0 Å².